The molecule has 1 aromatic carbocycles. The fourth-order valence-corrected chi connectivity index (χ4v) is 1.79. The maximum atomic E-state index is 12.4. The van der Waals surface area contributed by atoms with Gasteiger partial charge in [-0.2, -0.15) is 8.78 Å². The van der Waals surface area contributed by atoms with Crippen LogP contribution in [0.3, 0.4) is 0 Å². The molecule has 2 N–H and O–H groups in total. The molecule has 1 rings (SSSR count). The van der Waals surface area contributed by atoms with Gasteiger partial charge in [-0.15, -0.1) is 6.58 Å². The lowest BCUT2D eigenvalue weighted by Crippen LogP contribution is -2.40. The van der Waals surface area contributed by atoms with Crippen LogP contribution >= 0.6 is 0 Å². The number of halogens is 2. The lowest BCUT2D eigenvalue weighted by atomic mass is 10.1. The molecule has 0 heterocycles. The molecule has 0 radical (unpaired) electrons. The highest BCUT2D eigenvalue weighted by Crippen LogP contribution is 2.29. The summed E-state index contributed by atoms with van der Waals surface area (Å²) in [5.74, 6) is -2.20. The summed E-state index contributed by atoms with van der Waals surface area (Å²) in [6, 6.07) is 2.56. The molecular weight excluding hydrogens is 312 g/mol. The first-order valence-corrected chi connectivity index (χ1v) is 6.66. The molecule has 0 aliphatic carbocycles. The van der Waals surface area contributed by atoms with E-state index in [0.717, 1.165) is 6.07 Å². The number of rotatable bonds is 9. The van der Waals surface area contributed by atoms with E-state index in [0.29, 0.717) is 6.42 Å². The summed E-state index contributed by atoms with van der Waals surface area (Å²) in [5, 5.41) is 11.4. The summed E-state index contributed by atoms with van der Waals surface area (Å²) in [4.78, 5) is 23.2. The SMILES string of the molecule is C=CCCC(NC(=O)c1ccc(OC)c(OC(F)F)c1)C(=O)O. The van der Waals surface area contributed by atoms with Crippen LogP contribution < -0.4 is 14.8 Å². The number of amides is 1. The van der Waals surface area contributed by atoms with Gasteiger partial charge in [0.25, 0.3) is 5.91 Å². The summed E-state index contributed by atoms with van der Waals surface area (Å²) in [6.07, 6.45) is 2.10. The number of benzene rings is 1. The number of nitrogens with one attached hydrogen (secondary N) is 1. The Balaban J connectivity index is 2.93. The Hall–Kier alpha value is -2.64. The van der Waals surface area contributed by atoms with Crippen molar-refractivity contribution in [2.45, 2.75) is 25.5 Å². The van der Waals surface area contributed by atoms with E-state index in [-0.39, 0.29) is 23.5 Å². The van der Waals surface area contributed by atoms with E-state index in [1.165, 1.54) is 25.3 Å². The number of methoxy groups -OCH3 is 1. The van der Waals surface area contributed by atoms with Crippen molar-refractivity contribution in [1.29, 1.82) is 0 Å². The number of allylic oxidation sites excluding steroid dienone is 1. The second kappa shape index (κ2) is 8.72. The van der Waals surface area contributed by atoms with E-state index < -0.39 is 24.5 Å². The van der Waals surface area contributed by atoms with E-state index >= 15 is 0 Å². The minimum Gasteiger partial charge on any atom is -0.493 e. The van der Waals surface area contributed by atoms with Gasteiger partial charge in [0.15, 0.2) is 11.5 Å². The zero-order valence-electron chi connectivity index (χ0n) is 12.4. The predicted molar refractivity (Wildman–Crippen MR) is 77.9 cm³/mol. The van der Waals surface area contributed by atoms with Crippen molar-refractivity contribution in [3.63, 3.8) is 0 Å². The Morgan fingerprint density at radius 2 is 2.09 bits per heavy atom. The van der Waals surface area contributed by atoms with Gasteiger partial charge in [-0.1, -0.05) is 6.08 Å². The lowest BCUT2D eigenvalue weighted by molar-refractivity contribution is -0.139. The Bertz CT molecular complexity index is 577. The minimum absolute atomic E-state index is 0.0219. The molecule has 0 aliphatic heterocycles. The normalized spacial score (nSPS) is 11.7. The van der Waals surface area contributed by atoms with Crippen molar-refractivity contribution in [2.24, 2.45) is 0 Å². The zero-order chi connectivity index (χ0) is 17.4. The fourth-order valence-electron chi connectivity index (χ4n) is 1.79. The molecule has 0 fully saturated rings. The van der Waals surface area contributed by atoms with E-state index in [1.807, 2.05) is 0 Å². The lowest BCUT2D eigenvalue weighted by Gasteiger charge is -2.15. The highest BCUT2D eigenvalue weighted by Gasteiger charge is 2.21. The van der Waals surface area contributed by atoms with Gasteiger partial charge in [-0.3, -0.25) is 4.79 Å². The predicted octanol–water partition coefficient (Wildman–Crippen LogP) is 2.45. The molecule has 0 bridgehead atoms. The average molecular weight is 329 g/mol. The summed E-state index contributed by atoms with van der Waals surface area (Å²) in [5.41, 5.74) is -0.0219. The molecule has 1 atom stereocenters. The number of ether oxygens (including phenoxy) is 2. The topological polar surface area (TPSA) is 84.9 Å². The van der Waals surface area contributed by atoms with Gasteiger partial charge in [0, 0.05) is 5.56 Å². The molecule has 0 spiro atoms. The van der Waals surface area contributed by atoms with Crippen LogP contribution in [-0.4, -0.2) is 36.7 Å². The van der Waals surface area contributed by atoms with Crippen molar-refractivity contribution in [3.8, 4) is 11.5 Å². The maximum Gasteiger partial charge on any atom is 0.387 e. The average Bonchev–Trinajstić information content (AvgIpc) is 2.50. The molecular formula is C15H17F2NO5. The molecule has 6 nitrogen and oxygen atoms in total. The van der Waals surface area contributed by atoms with Gasteiger partial charge in [0.2, 0.25) is 0 Å². The standard InChI is InChI=1S/C15H17F2NO5/c1-3-4-5-10(14(20)21)18-13(19)9-6-7-11(22-2)12(8-9)23-15(16)17/h3,6-8,10,15H,1,4-5H2,2H3,(H,18,19)(H,20,21). The highest BCUT2D eigenvalue weighted by atomic mass is 19.3. The summed E-state index contributed by atoms with van der Waals surface area (Å²) in [6.45, 7) is 0.399. The highest BCUT2D eigenvalue weighted by molar-refractivity contribution is 5.97. The van der Waals surface area contributed by atoms with Gasteiger partial charge in [0.1, 0.15) is 6.04 Å². The van der Waals surface area contributed by atoms with E-state index in [1.54, 1.807) is 0 Å². The van der Waals surface area contributed by atoms with Crippen LogP contribution in [0, 0.1) is 0 Å². The summed E-state index contributed by atoms with van der Waals surface area (Å²) in [7, 11) is 1.27. The fraction of sp³-hybridized carbons (Fsp3) is 0.333. The third-order valence-corrected chi connectivity index (χ3v) is 2.90. The van der Waals surface area contributed by atoms with Gasteiger partial charge in [-0.05, 0) is 31.0 Å². The first kappa shape index (κ1) is 18.4. The van der Waals surface area contributed by atoms with Gasteiger partial charge in [-0.25, -0.2) is 4.79 Å². The quantitative estimate of drug-likeness (QED) is 0.680. The molecule has 8 heteroatoms. The molecule has 1 aromatic rings. The van der Waals surface area contributed by atoms with E-state index in [9.17, 15) is 18.4 Å². The first-order chi connectivity index (χ1) is 10.9. The number of carboxylic acids is 1. The van der Waals surface area contributed by atoms with Gasteiger partial charge >= 0.3 is 12.6 Å². The largest absolute Gasteiger partial charge is 0.493 e. The molecule has 0 saturated heterocycles. The van der Waals surface area contributed by atoms with Crippen molar-refractivity contribution in [2.75, 3.05) is 7.11 Å². The van der Waals surface area contributed by atoms with Crippen molar-refractivity contribution >= 4 is 11.9 Å². The number of hydrogen-bond donors (Lipinski definition) is 2. The third kappa shape index (κ3) is 5.57. The second-order valence-corrected chi connectivity index (χ2v) is 4.47. The van der Waals surface area contributed by atoms with Gasteiger partial charge < -0.3 is 19.9 Å². The number of carbonyl (C=O) groups is 2. The summed E-state index contributed by atoms with van der Waals surface area (Å²) >= 11 is 0. The smallest absolute Gasteiger partial charge is 0.387 e. The van der Waals surface area contributed by atoms with Crippen LogP contribution in [0.2, 0.25) is 0 Å². The van der Waals surface area contributed by atoms with Crippen molar-refractivity contribution < 1.29 is 33.0 Å². The molecule has 126 valence electrons. The maximum absolute atomic E-state index is 12.4. The Morgan fingerprint density at radius 1 is 1.39 bits per heavy atom. The molecule has 1 amide bonds. The first-order valence-electron chi connectivity index (χ1n) is 6.66. The van der Waals surface area contributed by atoms with E-state index in [2.05, 4.69) is 16.6 Å². The molecule has 0 saturated carbocycles. The van der Waals surface area contributed by atoms with Crippen LogP contribution in [0.4, 0.5) is 8.78 Å². The van der Waals surface area contributed by atoms with Crippen molar-refractivity contribution in [1.82, 2.24) is 5.32 Å². The van der Waals surface area contributed by atoms with Crippen LogP contribution in [-0.2, 0) is 4.79 Å². The molecule has 0 aliphatic rings. The third-order valence-electron chi connectivity index (χ3n) is 2.90. The van der Waals surface area contributed by atoms with Crippen molar-refractivity contribution in [3.05, 3.63) is 36.4 Å². The van der Waals surface area contributed by atoms with Gasteiger partial charge in [0.05, 0.1) is 7.11 Å². The zero-order valence-corrected chi connectivity index (χ0v) is 12.4. The number of alkyl halides is 2. The molecule has 1 unspecified atom stereocenters. The number of hydrogen-bond acceptors (Lipinski definition) is 4. The van der Waals surface area contributed by atoms with Crippen LogP contribution in [0.1, 0.15) is 23.2 Å². The van der Waals surface area contributed by atoms with Crippen LogP contribution in [0.5, 0.6) is 11.5 Å². The minimum atomic E-state index is -3.08. The molecule has 0 aromatic heterocycles. The Morgan fingerprint density at radius 3 is 2.61 bits per heavy atom. The van der Waals surface area contributed by atoms with Crippen LogP contribution in [0.25, 0.3) is 0 Å². The Kier molecular flexibility index (Phi) is 6.98. The van der Waals surface area contributed by atoms with E-state index in [4.69, 9.17) is 9.84 Å². The molecule has 23 heavy (non-hydrogen) atoms. The number of carbonyl (C=O) groups excluding carboxylic acids is 1. The second-order valence-electron chi connectivity index (χ2n) is 4.47. The number of carboxylic acid groups (broad SMARTS) is 1. The Labute approximate surface area is 131 Å². The monoisotopic (exact) mass is 329 g/mol. The van der Waals surface area contributed by atoms with Crippen LogP contribution in [0.15, 0.2) is 30.9 Å². The number of aliphatic carboxylic acids is 1. The summed E-state index contributed by atoms with van der Waals surface area (Å²) < 4.78 is 33.9.